The molecule has 4 nitrogen and oxygen atoms in total. The Kier molecular flexibility index (Phi) is 4.50. The number of thioether (sulfide) groups is 1. The van der Waals surface area contributed by atoms with Crippen LogP contribution in [-0.4, -0.2) is 30.8 Å². The normalized spacial score (nSPS) is 23.0. The fourth-order valence-corrected chi connectivity index (χ4v) is 4.54. The Labute approximate surface area is 135 Å². The molecule has 0 aromatic carbocycles. The fourth-order valence-electron chi connectivity index (χ4n) is 3.53. The molecule has 0 N–H and O–H groups in total. The zero-order valence-electron chi connectivity index (χ0n) is 13.0. The van der Waals surface area contributed by atoms with Gasteiger partial charge in [-0.25, -0.2) is 4.98 Å². The monoisotopic (exact) mass is 326 g/mol. The zero-order chi connectivity index (χ0) is 15.0. The molecule has 0 bridgehead atoms. The van der Waals surface area contributed by atoms with Crippen molar-refractivity contribution in [2.24, 2.45) is 7.05 Å². The number of aromatic nitrogens is 4. The van der Waals surface area contributed by atoms with E-state index in [1.165, 1.54) is 25.7 Å². The van der Waals surface area contributed by atoms with Gasteiger partial charge in [0.2, 0.25) is 0 Å². The van der Waals surface area contributed by atoms with Gasteiger partial charge in [-0.2, -0.15) is 16.9 Å². The van der Waals surface area contributed by atoms with Crippen LogP contribution >= 0.6 is 23.4 Å². The topological polar surface area (TPSA) is 35.6 Å². The molecule has 0 aliphatic heterocycles. The molecule has 0 amide bonds. The van der Waals surface area contributed by atoms with Crippen LogP contribution in [0.5, 0.6) is 0 Å². The third kappa shape index (κ3) is 2.59. The second-order valence-electron chi connectivity index (χ2n) is 5.81. The highest BCUT2D eigenvalue weighted by molar-refractivity contribution is 7.99. The first-order valence-corrected chi connectivity index (χ1v) is 9.53. The quantitative estimate of drug-likeness (QED) is 0.799. The maximum atomic E-state index is 6.18. The summed E-state index contributed by atoms with van der Waals surface area (Å²) in [5.41, 5.74) is 3.27. The van der Waals surface area contributed by atoms with E-state index in [0.717, 1.165) is 34.4 Å². The van der Waals surface area contributed by atoms with Crippen LogP contribution in [0, 0.1) is 0 Å². The van der Waals surface area contributed by atoms with Crippen molar-refractivity contribution in [1.29, 1.82) is 0 Å². The Bertz CT molecular complexity index is 633. The molecule has 0 radical (unpaired) electrons. The fraction of sp³-hybridized carbons (Fsp3) is 0.733. The van der Waals surface area contributed by atoms with Crippen LogP contribution in [0.3, 0.4) is 0 Å². The zero-order valence-corrected chi connectivity index (χ0v) is 14.5. The summed E-state index contributed by atoms with van der Waals surface area (Å²) < 4.78 is 4.36. The molecule has 1 aliphatic carbocycles. The highest BCUT2D eigenvalue weighted by atomic mass is 35.5. The number of imidazole rings is 1. The Morgan fingerprint density at radius 3 is 2.86 bits per heavy atom. The number of rotatable bonds is 4. The van der Waals surface area contributed by atoms with Crippen molar-refractivity contribution in [2.75, 3.05) is 6.26 Å². The van der Waals surface area contributed by atoms with Gasteiger partial charge >= 0.3 is 0 Å². The van der Waals surface area contributed by atoms with Gasteiger partial charge < -0.3 is 4.57 Å². The van der Waals surface area contributed by atoms with E-state index >= 15 is 0 Å². The molecule has 2 unspecified atom stereocenters. The summed E-state index contributed by atoms with van der Waals surface area (Å²) >= 11 is 8.17. The number of hydrogen-bond acceptors (Lipinski definition) is 3. The van der Waals surface area contributed by atoms with Crippen LogP contribution in [-0.2, 0) is 19.3 Å². The average molecular weight is 327 g/mol. The molecule has 2 aromatic rings. The predicted molar refractivity (Wildman–Crippen MR) is 90.2 cm³/mol. The third-order valence-electron chi connectivity index (χ3n) is 4.56. The number of nitrogens with zero attached hydrogens (tertiary/aromatic N) is 4. The van der Waals surface area contributed by atoms with Crippen molar-refractivity contribution >= 4 is 34.5 Å². The standard InChI is InChI=1S/C15H23ClN4S/c1-4-12-14-15(19(2)18-12)20(13(9-16)17-14)10-6-5-7-11(8-10)21-3/h10-11H,4-9H2,1-3H3. The maximum Gasteiger partial charge on any atom is 0.158 e. The predicted octanol–water partition coefficient (Wildman–Crippen LogP) is 3.92. The lowest BCUT2D eigenvalue weighted by Gasteiger charge is -2.30. The van der Waals surface area contributed by atoms with Gasteiger partial charge in [0.25, 0.3) is 0 Å². The highest BCUT2D eigenvalue weighted by Gasteiger charge is 2.28. The van der Waals surface area contributed by atoms with Crippen molar-refractivity contribution in [3.63, 3.8) is 0 Å². The summed E-state index contributed by atoms with van der Waals surface area (Å²) in [4.78, 5) is 4.79. The molecule has 6 heteroatoms. The highest BCUT2D eigenvalue weighted by Crippen LogP contribution is 2.37. The van der Waals surface area contributed by atoms with Crippen LogP contribution in [0.2, 0.25) is 0 Å². The van der Waals surface area contributed by atoms with Crippen LogP contribution in [0.25, 0.3) is 11.2 Å². The third-order valence-corrected chi connectivity index (χ3v) is 5.89. The maximum absolute atomic E-state index is 6.18. The van der Waals surface area contributed by atoms with E-state index in [0.29, 0.717) is 11.9 Å². The first-order valence-electron chi connectivity index (χ1n) is 7.71. The summed E-state index contributed by atoms with van der Waals surface area (Å²) in [6.07, 6.45) is 8.18. The minimum absolute atomic E-state index is 0.471. The number of hydrogen-bond donors (Lipinski definition) is 0. The molecule has 0 saturated heterocycles. The molecular formula is C15H23ClN4S. The molecule has 0 spiro atoms. The van der Waals surface area contributed by atoms with Gasteiger partial charge in [-0.3, -0.25) is 4.68 Å². The number of halogens is 1. The Hall–Kier alpha value is -0.680. The molecule has 3 rings (SSSR count). The van der Waals surface area contributed by atoms with Gasteiger partial charge in [-0.1, -0.05) is 13.3 Å². The van der Waals surface area contributed by atoms with Gasteiger partial charge in [0, 0.05) is 18.3 Å². The summed E-state index contributed by atoms with van der Waals surface area (Å²) in [6.45, 7) is 2.13. The second kappa shape index (κ2) is 6.21. The Balaban J connectivity index is 2.09. The van der Waals surface area contributed by atoms with Crippen molar-refractivity contribution in [3.8, 4) is 0 Å². The van der Waals surface area contributed by atoms with Crippen LogP contribution in [0.1, 0.15) is 50.2 Å². The number of fused-ring (bicyclic) bond motifs is 1. The van der Waals surface area contributed by atoms with Crippen LogP contribution < -0.4 is 0 Å². The second-order valence-corrected chi connectivity index (χ2v) is 7.21. The van der Waals surface area contributed by atoms with Crippen molar-refractivity contribution in [2.45, 2.75) is 56.2 Å². The molecular weight excluding hydrogens is 304 g/mol. The lowest BCUT2D eigenvalue weighted by molar-refractivity contribution is 0.358. The summed E-state index contributed by atoms with van der Waals surface area (Å²) in [7, 11) is 2.02. The van der Waals surface area contributed by atoms with Gasteiger partial charge in [-0.05, 0) is 31.9 Å². The van der Waals surface area contributed by atoms with E-state index in [9.17, 15) is 0 Å². The average Bonchev–Trinajstić information content (AvgIpc) is 3.04. The van der Waals surface area contributed by atoms with Gasteiger partial charge in [-0.15, -0.1) is 11.6 Å². The number of alkyl halides is 1. The van der Waals surface area contributed by atoms with Gasteiger partial charge in [0.05, 0.1) is 11.6 Å². The first-order chi connectivity index (χ1) is 10.2. The van der Waals surface area contributed by atoms with E-state index in [4.69, 9.17) is 16.6 Å². The molecule has 1 saturated carbocycles. The molecule has 1 aliphatic rings. The SMILES string of the molecule is CCc1nn(C)c2c1nc(CCl)n2C1CCCC(SC)C1. The van der Waals surface area contributed by atoms with Crippen molar-refractivity contribution < 1.29 is 0 Å². The van der Waals surface area contributed by atoms with Crippen molar-refractivity contribution in [1.82, 2.24) is 19.3 Å². The van der Waals surface area contributed by atoms with E-state index in [-0.39, 0.29) is 0 Å². The van der Waals surface area contributed by atoms with Crippen molar-refractivity contribution in [3.05, 3.63) is 11.5 Å². The Morgan fingerprint density at radius 1 is 1.38 bits per heavy atom. The largest absolute Gasteiger partial charge is 0.309 e. The molecule has 21 heavy (non-hydrogen) atoms. The summed E-state index contributed by atoms with van der Waals surface area (Å²) in [5.74, 6) is 1.47. The van der Waals surface area contributed by atoms with E-state index in [2.05, 4.69) is 22.8 Å². The lowest BCUT2D eigenvalue weighted by Crippen LogP contribution is -2.22. The van der Waals surface area contributed by atoms with E-state index in [1.807, 2.05) is 23.5 Å². The minimum atomic E-state index is 0.471. The summed E-state index contributed by atoms with van der Waals surface area (Å²) in [6, 6.07) is 0.509. The van der Waals surface area contributed by atoms with E-state index < -0.39 is 0 Å². The van der Waals surface area contributed by atoms with Gasteiger partial charge in [0.15, 0.2) is 5.65 Å². The molecule has 2 heterocycles. The number of aryl methyl sites for hydroxylation is 2. The first kappa shape index (κ1) is 15.2. The molecule has 2 atom stereocenters. The lowest BCUT2D eigenvalue weighted by atomic mass is 9.94. The minimum Gasteiger partial charge on any atom is -0.309 e. The molecule has 1 fully saturated rings. The Morgan fingerprint density at radius 2 is 2.19 bits per heavy atom. The molecule has 2 aromatic heterocycles. The smallest absolute Gasteiger partial charge is 0.158 e. The van der Waals surface area contributed by atoms with Crippen LogP contribution in [0.15, 0.2) is 0 Å². The van der Waals surface area contributed by atoms with Gasteiger partial charge in [0.1, 0.15) is 11.3 Å². The van der Waals surface area contributed by atoms with Crippen LogP contribution in [0.4, 0.5) is 0 Å². The molecule has 116 valence electrons. The van der Waals surface area contributed by atoms with E-state index in [1.54, 1.807) is 0 Å². The summed E-state index contributed by atoms with van der Waals surface area (Å²) in [5, 5.41) is 5.38.